The number of methoxy groups -OCH3 is 1. The van der Waals surface area contributed by atoms with Crippen LogP contribution >= 0.6 is 0 Å². The van der Waals surface area contributed by atoms with E-state index in [0.29, 0.717) is 11.3 Å². The summed E-state index contributed by atoms with van der Waals surface area (Å²) < 4.78 is 5.12. The molecule has 5 nitrogen and oxygen atoms in total. The topological polar surface area (TPSA) is 59.0 Å². The van der Waals surface area contributed by atoms with Gasteiger partial charge in [-0.1, -0.05) is 42.5 Å². The summed E-state index contributed by atoms with van der Waals surface area (Å²) >= 11 is 0. The monoisotopic (exact) mass is 315 g/mol. The van der Waals surface area contributed by atoms with Crippen molar-refractivity contribution in [2.75, 3.05) is 21.3 Å². The Bertz CT molecular complexity index is 627. The number of hydrogen-bond donors (Lipinski definition) is 1. The van der Waals surface area contributed by atoms with Crippen molar-refractivity contribution >= 4 is 5.91 Å². The quantitative estimate of drug-likeness (QED) is 0.832. The number of amides is 1. The van der Waals surface area contributed by atoms with Crippen LogP contribution in [0.25, 0.3) is 0 Å². The summed E-state index contributed by atoms with van der Waals surface area (Å²) in [5.74, 6) is -0.380. The largest absolute Gasteiger partial charge is 0.497 e. The molecule has 0 saturated heterocycles. The Labute approximate surface area is 136 Å². The lowest BCUT2D eigenvalue weighted by Gasteiger charge is -2.26. The number of rotatable bonds is 6. The van der Waals surface area contributed by atoms with Crippen molar-refractivity contribution in [3.63, 3.8) is 0 Å². The molecule has 2 aromatic rings. The zero-order chi connectivity index (χ0) is 16.8. The first-order valence-corrected chi connectivity index (χ1v) is 7.27. The van der Waals surface area contributed by atoms with Crippen LogP contribution in [0.3, 0.4) is 0 Å². The Morgan fingerprint density at radius 3 is 2.13 bits per heavy atom. The minimum absolute atomic E-state index is 0.318. The zero-order valence-corrected chi connectivity index (χ0v) is 13.5. The highest BCUT2D eigenvalue weighted by atomic mass is 16.7. The fourth-order valence-corrected chi connectivity index (χ4v) is 2.40. The molecule has 0 unspecified atom stereocenters. The Balaban J connectivity index is 2.37. The lowest BCUT2D eigenvalue weighted by atomic mass is 9.88. The lowest BCUT2D eigenvalue weighted by molar-refractivity contribution is -0.173. The van der Waals surface area contributed by atoms with Gasteiger partial charge in [0.25, 0.3) is 5.91 Å². The van der Waals surface area contributed by atoms with E-state index in [0.717, 1.165) is 10.6 Å². The summed E-state index contributed by atoms with van der Waals surface area (Å²) in [4.78, 5) is 17.6. The number of aliphatic hydroxyl groups is 1. The first kappa shape index (κ1) is 17.0. The predicted molar refractivity (Wildman–Crippen MR) is 86.9 cm³/mol. The van der Waals surface area contributed by atoms with Gasteiger partial charge in [-0.2, -0.15) is 0 Å². The average molecular weight is 315 g/mol. The van der Waals surface area contributed by atoms with Crippen LogP contribution < -0.4 is 4.74 Å². The van der Waals surface area contributed by atoms with Crippen molar-refractivity contribution in [1.29, 1.82) is 0 Å². The van der Waals surface area contributed by atoms with Crippen molar-refractivity contribution in [2.24, 2.45) is 0 Å². The smallest absolute Gasteiger partial charge is 0.256 e. The summed E-state index contributed by atoms with van der Waals surface area (Å²) in [7, 11) is 4.52. The maximum absolute atomic E-state index is 12.6. The van der Waals surface area contributed by atoms with Crippen molar-refractivity contribution < 1.29 is 19.5 Å². The maximum atomic E-state index is 12.6. The molecule has 0 spiro atoms. The second-order valence-corrected chi connectivity index (χ2v) is 5.12. The van der Waals surface area contributed by atoms with Gasteiger partial charge < -0.3 is 9.84 Å². The summed E-state index contributed by atoms with van der Waals surface area (Å²) in [6, 6.07) is 16.2. The summed E-state index contributed by atoms with van der Waals surface area (Å²) in [6.45, 7) is 0. The van der Waals surface area contributed by atoms with Gasteiger partial charge in [-0.15, -0.1) is 0 Å². The van der Waals surface area contributed by atoms with Gasteiger partial charge in [-0.3, -0.25) is 9.63 Å². The molecule has 0 bridgehead atoms. The molecule has 2 atom stereocenters. The van der Waals surface area contributed by atoms with Gasteiger partial charge in [0.1, 0.15) is 5.75 Å². The Morgan fingerprint density at radius 2 is 1.61 bits per heavy atom. The van der Waals surface area contributed by atoms with E-state index in [1.54, 1.807) is 31.4 Å². The fourth-order valence-electron chi connectivity index (χ4n) is 2.40. The zero-order valence-electron chi connectivity index (χ0n) is 13.5. The van der Waals surface area contributed by atoms with Crippen molar-refractivity contribution in [1.82, 2.24) is 5.06 Å². The molecule has 1 amide bonds. The fraction of sp³-hybridized carbons (Fsp3) is 0.278. The molecule has 0 aliphatic carbocycles. The Kier molecular flexibility index (Phi) is 5.73. The van der Waals surface area contributed by atoms with Gasteiger partial charge in [0.2, 0.25) is 0 Å². The van der Waals surface area contributed by atoms with E-state index in [4.69, 9.17) is 9.57 Å². The molecule has 2 rings (SSSR count). The molecule has 0 radical (unpaired) electrons. The van der Waals surface area contributed by atoms with Crippen LogP contribution in [0.2, 0.25) is 0 Å². The molecular formula is C18H21NO4. The molecule has 1 N–H and O–H groups in total. The highest BCUT2D eigenvalue weighted by Crippen LogP contribution is 2.33. The predicted octanol–water partition coefficient (Wildman–Crippen LogP) is 2.53. The number of ether oxygens (including phenoxy) is 1. The first-order valence-electron chi connectivity index (χ1n) is 7.27. The second-order valence-electron chi connectivity index (χ2n) is 5.12. The number of hydroxylamine groups is 2. The molecule has 5 heteroatoms. The van der Waals surface area contributed by atoms with Crippen LogP contribution in [-0.4, -0.2) is 37.3 Å². The molecular weight excluding hydrogens is 294 g/mol. The third kappa shape index (κ3) is 3.88. The van der Waals surface area contributed by atoms with Gasteiger partial charge >= 0.3 is 0 Å². The van der Waals surface area contributed by atoms with Crippen LogP contribution in [0.4, 0.5) is 0 Å². The normalized spacial score (nSPS) is 13.2. The second kappa shape index (κ2) is 7.76. The number of hydrogen-bond acceptors (Lipinski definition) is 4. The maximum Gasteiger partial charge on any atom is 0.256 e. The average Bonchev–Trinajstić information content (AvgIpc) is 2.62. The van der Waals surface area contributed by atoms with Gasteiger partial charge in [0, 0.05) is 7.05 Å². The van der Waals surface area contributed by atoms with E-state index in [1.165, 1.54) is 14.2 Å². The third-order valence-electron chi connectivity index (χ3n) is 3.78. The number of likely N-dealkylation sites (N-methyl/N-ethyl adjacent to an activating group) is 1. The van der Waals surface area contributed by atoms with E-state index in [2.05, 4.69) is 0 Å². The van der Waals surface area contributed by atoms with Crippen molar-refractivity contribution in [3.05, 3.63) is 65.7 Å². The Morgan fingerprint density at radius 1 is 1.00 bits per heavy atom. The highest BCUT2D eigenvalue weighted by Gasteiger charge is 2.32. The van der Waals surface area contributed by atoms with E-state index in [9.17, 15) is 9.90 Å². The first-order chi connectivity index (χ1) is 11.1. The van der Waals surface area contributed by atoms with Crippen LogP contribution in [0.5, 0.6) is 5.75 Å². The van der Waals surface area contributed by atoms with E-state index < -0.39 is 12.0 Å². The van der Waals surface area contributed by atoms with E-state index >= 15 is 0 Å². The summed E-state index contributed by atoms with van der Waals surface area (Å²) in [5.41, 5.74) is 1.36. The summed E-state index contributed by atoms with van der Waals surface area (Å²) in [6.07, 6.45) is -0.992. The van der Waals surface area contributed by atoms with Gasteiger partial charge in [-0.05, 0) is 23.3 Å². The van der Waals surface area contributed by atoms with Crippen molar-refractivity contribution in [2.45, 2.75) is 12.0 Å². The standard InChI is InChI=1S/C18H21NO4/c1-19(23-3)18(21)16(13-7-5-4-6-8-13)17(20)14-9-11-15(22-2)12-10-14/h4-12,16-17,20H,1-3H3/t16-,17+/m0/s1. The number of nitrogens with zero attached hydrogens (tertiary/aromatic N) is 1. The van der Waals surface area contributed by atoms with Crippen LogP contribution in [0.1, 0.15) is 23.1 Å². The van der Waals surface area contributed by atoms with Crippen molar-refractivity contribution in [3.8, 4) is 5.75 Å². The minimum atomic E-state index is -0.992. The molecule has 0 heterocycles. The molecule has 23 heavy (non-hydrogen) atoms. The van der Waals surface area contributed by atoms with E-state index in [1.807, 2.05) is 30.3 Å². The molecule has 0 saturated carbocycles. The van der Waals surface area contributed by atoms with Crippen LogP contribution in [0.15, 0.2) is 54.6 Å². The molecule has 0 fully saturated rings. The number of benzene rings is 2. The lowest BCUT2D eigenvalue weighted by Crippen LogP contribution is -2.34. The van der Waals surface area contributed by atoms with Gasteiger partial charge in [0.15, 0.2) is 0 Å². The molecule has 2 aromatic carbocycles. The Hall–Kier alpha value is -2.37. The van der Waals surface area contributed by atoms with Crippen LogP contribution in [-0.2, 0) is 9.63 Å². The number of aliphatic hydroxyl groups excluding tert-OH is 1. The van der Waals surface area contributed by atoms with Gasteiger partial charge in [0.05, 0.1) is 26.2 Å². The van der Waals surface area contributed by atoms with Crippen LogP contribution in [0, 0.1) is 0 Å². The minimum Gasteiger partial charge on any atom is -0.497 e. The molecule has 122 valence electrons. The van der Waals surface area contributed by atoms with E-state index in [-0.39, 0.29) is 5.91 Å². The molecule has 0 aromatic heterocycles. The SMILES string of the molecule is COc1ccc([C@@H](O)[C@@H](C(=O)N(C)OC)c2ccccc2)cc1. The summed E-state index contributed by atoms with van der Waals surface area (Å²) in [5, 5.41) is 11.9. The number of carbonyl (C=O) groups excluding carboxylic acids is 1. The third-order valence-corrected chi connectivity index (χ3v) is 3.78. The highest BCUT2D eigenvalue weighted by molar-refractivity contribution is 5.83. The molecule has 0 aliphatic rings. The van der Waals surface area contributed by atoms with Gasteiger partial charge in [-0.25, -0.2) is 5.06 Å². The molecule has 0 aliphatic heterocycles. The number of carbonyl (C=O) groups is 1.